The van der Waals surface area contributed by atoms with Gasteiger partial charge >= 0.3 is 35.5 Å². The van der Waals surface area contributed by atoms with Crippen molar-refractivity contribution in [2.75, 3.05) is 20.3 Å². The number of ether oxygens (including phenoxy) is 2. The van der Waals surface area contributed by atoms with Gasteiger partial charge in [-0.15, -0.1) is 0 Å². The van der Waals surface area contributed by atoms with Crippen LogP contribution in [0.1, 0.15) is 8.35 Å². The first kappa shape index (κ1) is 12.1. The summed E-state index contributed by atoms with van der Waals surface area (Å²) in [4.78, 5) is 10.3. The monoisotopic (exact) mass is 142 g/mol. The molecule has 0 rings (SSSR count). The zero-order valence-corrected chi connectivity index (χ0v) is 8.14. The first-order chi connectivity index (χ1) is 3.81. The fraction of sp³-hybridized carbons (Fsp3) is 0.800. The zero-order valence-electron chi connectivity index (χ0n) is 7.14. The number of hydrogen-bond acceptors (Lipinski definition) is 3. The molecule has 0 saturated carbocycles. The maximum absolute atomic E-state index is 10.3. The third-order valence-corrected chi connectivity index (χ3v) is 0.568. The van der Waals surface area contributed by atoms with Crippen molar-refractivity contribution in [1.29, 1.82) is 0 Å². The Morgan fingerprint density at radius 1 is 1.67 bits per heavy atom. The van der Waals surface area contributed by atoms with Crippen LogP contribution in [0.3, 0.4) is 0 Å². The van der Waals surface area contributed by atoms with Crippen LogP contribution in [0.2, 0.25) is 0 Å². The van der Waals surface area contributed by atoms with E-state index in [2.05, 4.69) is 9.47 Å². The third-order valence-electron chi connectivity index (χ3n) is 0.568. The van der Waals surface area contributed by atoms with Crippen molar-refractivity contribution in [2.24, 2.45) is 0 Å². The molecule has 0 aromatic carbocycles. The normalized spacial score (nSPS) is 7.78. The summed E-state index contributed by atoms with van der Waals surface area (Å²) >= 11 is 0. The maximum atomic E-state index is 10.3. The predicted octanol–water partition coefficient (Wildman–Crippen LogP) is -2.69. The number of hydrogen-bond donors (Lipinski definition) is 0. The van der Waals surface area contributed by atoms with Gasteiger partial charge in [-0.3, -0.25) is 0 Å². The molecule has 0 aromatic heterocycles. The van der Waals surface area contributed by atoms with E-state index in [1.165, 1.54) is 7.11 Å². The van der Waals surface area contributed by atoms with Gasteiger partial charge in [-0.05, 0) is 6.92 Å². The Bertz CT molecular complexity index is 71.3. The van der Waals surface area contributed by atoms with Crippen molar-refractivity contribution in [3.05, 3.63) is 0 Å². The van der Waals surface area contributed by atoms with Gasteiger partial charge in [-0.1, -0.05) is 0 Å². The predicted molar refractivity (Wildman–Crippen MR) is 29.6 cm³/mol. The Morgan fingerprint density at radius 2 is 2.22 bits per heavy atom. The second-order valence-electron chi connectivity index (χ2n) is 1.24. The molecular formula is C5H11NaO3. The molecule has 0 unspecified atom stereocenters. The van der Waals surface area contributed by atoms with Crippen LogP contribution in [0.25, 0.3) is 0 Å². The van der Waals surface area contributed by atoms with E-state index < -0.39 is 0 Å². The van der Waals surface area contributed by atoms with Crippen LogP contribution in [-0.4, -0.2) is 26.3 Å². The minimum atomic E-state index is -0.310. The van der Waals surface area contributed by atoms with Crippen molar-refractivity contribution < 1.29 is 45.3 Å². The Kier molecular flexibility index (Phi) is 11.4. The molecule has 0 aliphatic carbocycles. The van der Waals surface area contributed by atoms with Gasteiger partial charge in [-0.2, -0.15) is 0 Å². The van der Waals surface area contributed by atoms with Crippen molar-refractivity contribution in [3.8, 4) is 0 Å². The number of methoxy groups -OCH3 is 1. The minimum Gasteiger partial charge on any atom is -1.00 e. The third kappa shape index (κ3) is 8.43. The van der Waals surface area contributed by atoms with Gasteiger partial charge in [-0.25, -0.2) is 4.79 Å². The van der Waals surface area contributed by atoms with Crippen LogP contribution >= 0.6 is 0 Å². The molecule has 0 amide bonds. The summed E-state index contributed by atoms with van der Waals surface area (Å²) in [5.41, 5.74) is 0. The molecule has 50 valence electrons. The fourth-order valence-electron chi connectivity index (χ4n) is 0.321. The van der Waals surface area contributed by atoms with E-state index >= 15 is 0 Å². The van der Waals surface area contributed by atoms with E-state index in [4.69, 9.17) is 0 Å². The van der Waals surface area contributed by atoms with Gasteiger partial charge < -0.3 is 10.9 Å². The first-order valence-electron chi connectivity index (χ1n) is 2.45. The molecule has 0 N–H and O–H groups in total. The van der Waals surface area contributed by atoms with Gasteiger partial charge in [0, 0.05) is 7.11 Å². The second kappa shape index (κ2) is 8.43. The van der Waals surface area contributed by atoms with Crippen molar-refractivity contribution >= 4 is 5.97 Å². The van der Waals surface area contributed by atoms with Crippen molar-refractivity contribution in [2.45, 2.75) is 6.92 Å². The van der Waals surface area contributed by atoms with E-state index in [1.807, 2.05) is 0 Å². The van der Waals surface area contributed by atoms with Crippen molar-refractivity contribution in [1.82, 2.24) is 0 Å². The minimum absolute atomic E-state index is 0. The van der Waals surface area contributed by atoms with E-state index in [9.17, 15) is 4.79 Å². The van der Waals surface area contributed by atoms with Gasteiger partial charge in [0.05, 0.1) is 6.61 Å². The van der Waals surface area contributed by atoms with Gasteiger partial charge in [0.2, 0.25) is 0 Å². The molecule has 9 heavy (non-hydrogen) atoms. The number of carbonyl (C=O) groups excluding carboxylic acids is 1. The zero-order chi connectivity index (χ0) is 6.41. The smallest absolute Gasteiger partial charge is 1.00 e. The first-order valence-corrected chi connectivity index (χ1v) is 2.45. The average Bonchev–Trinajstić information content (AvgIpc) is 1.68. The Morgan fingerprint density at radius 3 is 2.56 bits per heavy atom. The summed E-state index contributed by atoms with van der Waals surface area (Å²) < 4.78 is 9.00. The van der Waals surface area contributed by atoms with Crippen LogP contribution in [0.15, 0.2) is 0 Å². The summed E-state index contributed by atoms with van der Waals surface area (Å²) in [7, 11) is 1.46. The number of esters is 1. The SMILES string of the molecule is CCOC(=O)COC.[H-].[Na+]. The number of carbonyl (C=O) groups is 1. The second-order valence-corrected chi connectivity index (χ2v) is 1.24. The van der Waals surface area contributed by atoms with E-state index in [0.29, 0.717) is 6.61 Å². The van der Waals surface area contributed by atoms with Crippen LogP contribution in [0.5, 0.6) is 0 Å². The van der Waals surface area contributed by atoms with Gasteiger partial charge in [0.15, 0.2) is 0 Å². The molecule has 0 bridgehead atoms. The van der Waals surface area contributed by atoms with E-state index in [-0.39, 0.29) is 43.6 Å². The van der Waals surface area contributed by atoms with Crippen LogP contribution in [0.4, 0.5) is 0 Å². The molecular weight excluding hydrogens is 131 g/mol. The van der Waals surface area contributed by atoms with Crippen LogP contribution in [0, 0.1) is 0 Å². The molecule has 0 aromatic rings. The molecule has 0 aliphatic rings. The van der Waals surface area contributed by atoms with Gasteiger partial charge in [0.1, 0.15) is 6.61 Å². The van der Waals surface area contributed by atoms with Crippen LogP contribution in [-0.2, 0) is 14.3 Å². The molecule has 0 spiro atoms. The summed E-state index contributed by atoms with van der Waals surface area (Å²) in [6, 6.07) is 0. The Labute approximate surface area is 78.5 Å². The largest absolute Gasteiger partial charge is 1.00 e. The maximum Gasteiger partial charge on any atom is 1.00 e. The Hall–Kier alpha value is 0.430. The molecule has 0 aliphatic heterocycles. The number of rotatable bonds is 3. The molecule has 0 atom stereocenters. The average molecular weight is 142 g/mol. The molecule has 0 fully saturated rings. The standard InChI is InChI=1S/C5H10O3.Na.H/c1-3-8-5(6)4-7-2;;/h3-4H2,1-2H3;;/q;+1;-1. The van der Waals surface area contributed by atoms with E-state index in [0.717, 1.165) is 0 Å². The van der Waals surface area contributed by atoms with Crippen molar-refractivity contribution in [3.63, 3.8) is 0 Å². The van der Waals surface area contributed by atoms with Crippen LogP contribution < -0.4 is 29.6 Å². The topological polar surface area (TPSA) is 35.5 Å². The molecule has 0 heterocycles. The quantitative estimate of drug-likeness (QED) is 0.318. The molecule has 3 nitrogen and oxygen atoms in total. The molecule has 0 saturated heterocycles. The summed E-state index contributed by atoms with van der Waals surface area (Å²) in [5.74, 6) is -0.310. The molecule has 0 radical (unpaired) electrons. The van der Waals surface area contributed by atoms with Gasteiger partial charge in [0.25, 0.3) is 0 Å². The fourth-order valence-corrected chi connectivity index (χ4v) is 0.321. The Balaban J connectivity index is -0.000000245. The summed E-state index contributed by atoms with van der Waals surface area (Å²) in [6.45, 7) is 2.23. The summed E-state index contributed by atoms with van der Waals surface area (Å²) in [6.07, 6.45) is 0. The summed E-state index contributed by atoms with van der Waals surface area (Å²) in [5, 5.41) is 0. The molecule has 4 heteroatoms. The van der Waals surface area contributed by atoms with E-state index in [1.54, 1.807) is 6.92 Å².